The summed E-state index contributed by atoms with van der Waals surface area (Å²) in [5.41, 5.74) is -2.39. The lowest BCUT2D eigenvalue weighted by atomic mass is 10.4. The molecule has 0 aliphatic carbocycles. The minimum Gasteiger partial charge on any atom is -0.460 e. The van der Waals surface area contributed by atoms with Crippen LogP contribution in [0.3, 0.4) is 0 Å². The van der Waals surface area contributed by atoms with Crippen molar-refractivity contribution >= 4 is 20.9 Å². The van der Waals surface area contributed by atoms with E-state index in [-0.39, 0.29) is 11.6 Å². The minimum absolute atomic E-state index is 0.0436. The quantitative estimate of drug-likeness (QED) is 0.394. The van der Waals surface area contributed by atoms with Crippen molar-refractivity contribution in [3.63, 3.8) is 0 Å². The van der Waals surface area contributed by atoms with E-state index in [1.165, 1.54) is 12.3 Å². The number of nitrogens with one attached hydrogen (secondary N) is 2. The van der Waals surface area contributed by atoms with Crippen molar-refractivity contribution in [1.82, 2.24) is 0 Å². The van der Waals surface area contributed by atoms with Crippen LogP contribution in [0.5, 0.6) is 5.88 Å². The Hall–Kier alpha value is -0.950. The second-order valence-electron chi connectivity index (χ2n) is 3.16. The van der Waals surface area contributed by atoms with Gasteiger partial charge in [-0.25, -0.2) is 0 Å². The van der Waals surface area contributed by atoms with Crippen LogP contribution in [0.25, 0.3) is 0 Å². The Bertz CT molecular complexity index is 473. The van der Waals surface area contributed by atoms with Gasteiger partial charge in [-0.15, -0.1) is 0 Å². The number of hydrogen-bond donors (Lipinski definition) is 6. The number of aromatic hydroxyl groups is 1. The maximum absolute atomic E-state index is 10.9. The first kappa shape index (κ1) is 14.1. The Balaban J connectivity index is 3.04. The van der Waals surface area contributed by atoms with Gasteiger partial charge in [-0.3, -0.25) is 9.13 Å². The lowest BCUT2D eigenvalue weighted by Crippen LogP contribution is -2.20. The second-order valence-corrected chi connectivity index (χ2v) is 6.96. The first-order valence-corrected chi connectivity index (χ1v) is 7.54. The minimum atomic E-state index is -5.04. The molecule has 0 spiro atoms. The van der Waals surface area contributed by atoms with Gasteiger partial charge in [-0.2, -0.15) is 4.98 Å². The molecule has 1 rings (SSSR count). The summed E-state index contributed by atoms with van der Waals surface area (Å²) in [4.78, 5) is 37.7. The van der Waals surface area contributed by atoms with Crippen molar-refractivity contribution in [2.24, 2.45) is 0 Å². The highest BCUT2D eigenvalue weighted by Crippen LogP contribution is 2.59. The van der Waals surface area contributed by atoms with Gasteiger partial charge >= 0.3 is 21.1 Å². The van der Waals surface area contributed by atoms with Crippen LogP contribution in [-0.2, 0) is 9.13 Å². The smallest absolute Gasteiger partial charge is 0.365 e. The van der Waals surface area contributed by atoms with Crippen molar-refractivity contribution in [3.8, 4) is 5.88 Å². The summed E-state index contributed by atoms with van der Waals surface area (Å²) >= 11 is 0. The fourth-order valence-corrected chi connectivity index (χ4v) is 3.26. The van der Waals surface area contributed by atoms with Gasteiger partial charge in [-0.1, -0.05) is 0 Å². The van der Waals surface area contributed by atoms with Crippen LogP contribution >= 0.6 is 15.2 Å². The van der Waals surface area contributed by atoms with Crippen molar-refractivity contribution in [2.45, 2.75) is 5.52 Å². The highest BCUT2D eigenvalue weighted by molar-refractivity contribution is 7.71. The lowest BCUT2D eigenvalue weighted by Gasteiger charge is -2.21. The number of hydrogen-bond acceptors (Lipinski definition) is 4. The third kappa shape index (κ3) is 4.08. The average Bonchev–Trinajstić information content (AvgIpc) is 2.10. The molecule has 0 amide bonds. The standard InChI is InChI=1S/C6H10N2O7P2/c9-5-3-4(1-2-7-5)8-6(16(10,11)12)17(13,14)15/h1-3,6H,(H2,7,8,9)(H2,10,11,12)(H2,13,14,15)/p+1. The molecule has 0 bridgehead atoms. The highest BCUT2D eigenvalue weighted by Gasteiger charge is 2.43. The molecule has 0 aliphatic heterocycles. The molecular formula is C6H11N2O7P2+. The van der Waals surface area contributed by atoms with Crippen molar-refractivity contribution in [3.05, 3.63) is 18.3 Å². The third-order valence-electron chi connectivity index (χ3n) is 1.72. The molecule has 0 aliphatic rings. The van der Waals surface area contributed by atoms with Crippen LogP contribution in [-0.4, -0.2) is 30.2 Å². The summed E-state index contributed by atoms with van der Waals surface area (Å²) in [6, 6.07) is 2.27. The number of H-pyrrole nitrogens is 1. The largest absolute Gasteiger partial charge is 0.460 e. The molecule has 1 aromatic rings. The summed E-state index contributed by atoms with van der Waals surface area (Å²) in [5.74, 6) is -0.329. The van der Waals surface area contributed by atoms with Crippen molar-refractivity contribution in [2.75, 3.05) is 5.32 Å². The molecule has 0 saturated heterocycles. The molecule has 0 unspecified atom stereocenters. The fourth-order valence-electron chi connectivity index (χ4n) is 1.06. The SMILES string of the molecule is O=P(O)(O)C(Nc1cc[nH+]c(O)c1)P(=O)(O)O. The monoisotopic (exact) mass is 285 g/mol. The third-order valence-corrected chi connectivity index (χ3v) is 5.06. The van der Waals surface area contributed by atoms with E-state index in [2.05, 4.69) is 4.98 Å². The number of aromatic nitrogens is 1. The van der Waals surface area contributed by atoms with E-state index < -0.39 is 20.7 Å². The normalized spacial score (nSPS) is 12.8. The van der Waals surface area contributed by atoms with Crippen LogP contribution < -0.4 is 10.3 Å². The number of anilines is 1. The summed E-state index contributed by atoms with van der Waals surface area (Å²) in [7, 11) is -10.1. The number of aromatic amines is 1. The topological polar surface area (TPSA) is 161 Å². The molecule has 0 saturated carbocycles. The number of rotatable bonds is 4. The Morgan fingerprint density at radius 1 is 1.18 bits per heavy atom. The molecule has 1 heterocycles. The average molecular weight is 285 g/mol. The van der Waals surface area contributed by atoms with Gasteiger partial charge in [0.25, 0.3) is 0 Å². The Labute approximate surface area is 95.5 Å². The lowest BCUT2D eigenvalue weighted by molar-refractivity contribution is -0.394. The van der Waals surface area contributed by atoms with Gasteiger partial charge in [0.1, 0.15) is 0 Å². The molecular weight excluding hydrogens is 274 g/mol. The molecule has 17 heavy (non-hydrogen) atoms. The van der Waals surface area contributed by atoms with Gasteiger partial charge in [0.15, 0.2) is 6.20 Å². The van der Waals surface area contributed by atoms with Crippen LogP contribution in [0, 0.1) is 0 Å². The molecule has 0 aromatic carbocycles. The highest BCUT2D eigenvalue weighted by atomic mass is 31.2. The van der Waals surface area contributed by atoms with Crippen molar-refractivity contribution < 1.29 is 38.8 Å². The van der Waals surface area contributed by atoms with Gasteiger partial charge < -0.3 is 30.0 Å². The van der Waals surface area contributed by atoms with Crippen LogP contribution in [0.4, 0.5) is 5.69 Å². The van der Waals surface area contributed by atoms with Crippen LogP contribution in [0.15, 0.2) is 18.3 Å². The van der Waals surface area contributed by atoms with Gasteiger partial charge in [0.2, 0.25) is 5.52 Å². The van der Waals surface area contributed by atoms with Crippen LogP contribution in [0.1, 0.15) is 0 Å². The maximum Gasteiger partial charge on any atom is 0.365 e. The van der Waals surface area contributed by atoms with E-state index >= 15 is 0 Å². The van der Waals surface area contributed by atoms with Crippen molar-refractivity contribution in [1.29, 1.82) is 0 Å². The second kappa shape index (κ2) is 4.73. The van der Waals surface area contributed by atoms with E-state index in [0.717, 1.165) is 6.07 Å². The summed E-state index contributed by atoms with van der Waals surface area (Å²) in [6.07, 6.45) is 1.23. The molecule has 96 valence electrons. The zero-order valence-corrected chi connectivity index (χ0v) is 10.0. The molecule has 1 aromatic heterocycles. The maximum atomic E-state index is 10.9. The fraction of sp³-hybridized carbons (Fsp3) is 0.167. The molecule has 0 fully saturated rings. The molecule has 7 N–H and O–H groups in total. The van der Waals surface area contributed by atoms with E-state index in [9.17, 15) is 9.13 Å². The first-order valence-electron chi connectivity index (χ1n) is 4.18. The van der Waals surface area contributed by atoms with E-state index in [1.54, 1.807) is 0 Å². The Morgan fingerprint density at radius 2 is 1.71 bits per heavy atom. The Kier molecular flexibility index (Phi) is 3.93. The summed E-state index contributed by atoms with van der Waals surface area (Å²) < 4.78 is 21.9. The predicted octanol–water partition coefficient (Wildman–Crippen LogP) is -0.743. The van der Waals surface area contributed by atoms with E-state index in [4.69, 9.17) is 24.7 Å². The zero-order chi connectivity index (χ0) is 13.3. The predicted molar refractivity (Wildman–Crippen MR) is 56.2 cm³/mol. The number of pyridine rings is 1. The van der Waals surface area contributed by atoms with Crippen LogP contribution in [0.2, 0.25) is 0 Å². The summed E-state index contributed by atoms with van der Waals surface area (Å²) in [6.45, 7) is 0. The first-order chi connectivity index (χ1) is 7.60. The Morgan fingerprint density at radius 3 is 2.12 bits per heavy atom. The van der Waals surface area contributed by atoms with E-state index in [0.29, 0.717) is 0 Å². The van der Waals surface area contributed by atoms with Gasteiger partial charge in [-0.05, 0) is 0 Å². The van der Waals surface area contributed by atoms with Gasteiger partial charge in [0, 0.05) is 6.07 Å². The molecule has 0 atom stereocenters. The molecule has 0 radical (unpaired) electrons. The van der Waals surface area contributed by atoms with Gasteiger partial charge in [0.05, 0.1) is 11.8 Å². The summed E-state index contributed by atoms with van der Waals surface area (Å²) in [5, 5.41) is 11.0. The molecule has 9 nitrogen and oxygen atoms in total. The zero-order valence-electron chi connectivity index (χ0n) is 8.26. The molecule has 11 heteroatoms. The van der Waals surface area contributed by atoms with E-state index in [1.807, 2.05) is 5.32 Å².